The minimum atomic E-state index is -0.131. The van der Waals surface area contributed by atoms with Gasteiger partial charge in [-0.25, -0.2) is 0 Å². The van der Waals surface area contributed by atoms with Crippen molar-refractivity contribution in [1.29, 1.82) is 0 Å². The lowest BCUT2D eigenvalue weighted by Gasteiger charge is -2.08. The molecule has 0 atom stereocenters. The molecule has 0 aliphatic rings. The van der Waals surface area contributed by atoms with Gasteiger partial charge in [0.25, 0.3) is 11.8 Å². The van der Waals surface area contributed by atoms with Crippen LogP contribution in [0.3, 0.4) is 0 Å². The highest BCUT2D eigenvalue weighted by Crippen LogP contribution is 2.10. The van der Waals surface area contributed by atoms with Crippen LogP contribution in [-0.2, 0) is 13.1 Å². The summed E-state index contributed by atoms with van der Waals surface area (Å²) in [5.74, 6) is -0.260. The molecule has 2 aromatic carbocycles. The number of benzene rings is 2. The molecule has 0 saturated carbocycles. The van der Waals surface area contributed by atoms with Crippen LogP contribution in [0.2, 0.25) is 0 Å². The van der Waals surface area contributed by atoms with Gasteiger partial charge in [0.1, 0.15) is 0 Å². The average molecular weight is 376 g/mol. The fraction of sp³-hybridized carbons (Fsp3) is 0.227. The maximum absolute atomic E-state index is 12.4. The Bertz CT molecular complexity index is 973. The number of aryl methyl sites for hydroxylation is 2. The molecule has 2 amide bonds. The molecule has 6 nitrogen and oxygen atoms in total. The Morgan fingerprint density at radius 3 is 2.00 bits per heavy atom. The molecule has 0 aliphatic carbocycles. The van der Waals surface area contributed by atoms with Crippen LogP contribution in [0.5, 0.6) is 0 Å². The Balaban J connectivity index is 1.57. The van der Waals surface area contributed by atoms with Gasteiger partial charge >= 0.3 is 0 Å². The molecule has 0 saturated heterocycles. The largest absolute Gasteiger partial charge is 0.355 e. The molecule has 1 heterocycles. The number of amides is 2. The van der Waals surface area contributed by atoms with Crippen LogP contribution in [0, 0.1) is 13.8 Å². The van der Waals surface area contributed by atoms with E-state index >= 15 is 0 Å². The van der Waals surface area contributed by atoms with Crippen LogP contribution in [0.25, 0.3) is 0 Å². The molecule has 2 N–H and O–H groups in total. The van der Waals surface area contributed by atoms with Crippen LogP contribution in [-0.4, -0.2) is 28.6 Å². The van der Waals surface area contributed by atoms with Crippen molar-refractivity contribution in [3.8, 4) is 0 Å². The number of hydrogen-bond acceptors (Lipinski definition) is 3. The third kappa shape index (κ3) is 4.65. The lowest BCUT2D eigenvalue weighted by Crippen LogP contribution is -2.23. The van der Waals surface area contributed by atoms with Gasteiger partial charge < -0.3 is 10.6 Å². The van der Waals surface area contributed by atoms with Crippen molar-refractivity contribution in [1.82, 2.24) is 20.4 Å². The highest BCUT2D eigenvalue weighted by molar-refractivity contribution is 5.94. The highest BCUT2D eigenvalue weighted by atomic mass is 16.2. The monoisotopic (exact) mass is 376 g/mol. The number of hydrogen-bond donors (Lipinski definition) is 2. The van der Waals surface area contributed by atoms with Gasteiger partial charge in [-0.2, -0.15) is 5.10 Å². The van der Waals surface area contributed by atoms with E-state index in [1.807, 2.05) is 61.0 Å². The zero-order valence-corrected chi connectivity index (χ0v) is 16.3. The molecule has 6 heteroatoms. The van der Waals surface area contributed by atoms with E-state index in [1.165, 1.54) is 0 Å². The Kier molecular flexibility index (Phi) is 5.89. The van der Waals surface area contributed by atoms with Crippen molar-refractivity contribution < 1.29 is 9.59 Å². The van der Waals surface area contributed by atoms with Gasteiger partial charge in [0.15, 0.2) is 0 Å². The second-order valence-electron chi connectivity index (χ2n) is 6.74. The standard InChI is InChI=1S/C22H24N4O2/c1-15-12-16(2)26(25-15)14-18-6-10-20(11-7-18)22(28)24-13-17-4-8-19(9-5-17)21(27)23-3/h4-12H,13-14H2,1-3H3,(H,23,27)(H,24,28). The first-order valence-electron chi connectivity index (χ1n) is 9.15. The molecule has 0 bridgehead atoms. The topological polar surface area (TPSA) is 76.0 Å². The lowest BCUT2D eigenvalue weighted by molar-refractivity contribution is 0.0946. The van der Waals surface area contributed by atoms with Gasteiger partial charge in [-0.05, 0) is 55.3 Å². The summed E-state index contributed by atoms with van der Waals surface area (Å²) in [7, 11) is 1.60. The van der Waals surface area contributed by atoms with Crippen molar-refractivity contribution in [2.45, 2.75) is 26.9 Å². The smallest absolute Gasteiger partial charge is 0.251 e. The first kappa shape index (κ1) is 19.4. The number of rotatable bonds is 6. The van der Waals surface area contributed by atoms with Crippen molar-refractivity contribution in [2.75, 3.05) is 7.05 Å². The molecule has 0 aliphatic heterocycles. The van der Waals surface area contributed by atoms with Gasteiger partial charge in [0, 0.05) is 30.4 Å². The van der Waals surface area contributed by atoms with Gasteiger partial charge in [-0.1, -0.05) is 24.3 Å². The summed E-state index contributed by atoms with van der Waals surface area (Å²) in [5.41, 5.74) is 5.34. The van der Waals surface area contributed by atoms with Crippen molar-refractivity contribution >= 4 is 11.8 Å². The average Bonchev–Trinajstić information content (AvgIpc) is 3.03. The summed E-state index contributed by atoms with van der Waals surface area (Å²) < 4.78 is 1.95. The minimum Gasteiger partial charge on any atom is -0.355 e. The van der Waals surface area contributed by atoms with Gasteiger partial charge in [-0.15, -0.1) is 0 Å². The van der Waals surface area contributed by atoms with Crippen molar-refractivity contribution in [3.63, 3.8) is 0 Å². The predicted molar refractivity (Wildman–Crippen MR) is 108 cm³/mol. The normalized spacial score (nSPS) is 10.5. The SMILES string of the molecule is CNC(=O)c1ccc(CNC(=O)c2ccc(Cn3nc(C)cc3C)cc2)cc1. The Hall–Kier alpha value is -3.41. The highest BCUT2D eigenvalue weighted by Gasteiger charge is 2.08. The fourth-order valence-electron chi connectivity index (χ4n) is 2.97. The molecule has 3 rings (SSSR count). The van der Waals surface area contributed by atoms with Crippen molar-refractivity contribution in [3.05, 3.63) is 88.2 Å². The van der Waals surface area contributed by atoms with Crippen LogP contribution in [0.4, 0.5) is 0 Å². The number of nitrogens with one attached hydrogen (secondary N) is 2. The van der Waals surface area contributed by atoms with Crippen LogP contribution in [0.1, 0.15) is 43.2 Å². The summed E-state index contributed by atoms with van der Waals surface area (Å²) in [4.78, 5) is 23.9. The maximum atomic E-state index is 12.4. The minimum absolute atomic E-state index is 0.129. The second kappa shape index (κ2) is 8.52. The third-order valence-corrected chi connectivity index (χ3v) is 4.55. The molecule has 0 fully saturated rings. The zero-order chi connectivity index (χ0) is 20.1. The molecule has 0 radical (unpaired) electrons. The maximum Gasteiger partial charge on any atom is 0.251 e. The molecule has 3 aromatic rings. The second-order valence-corrected chi connectivity index (χ2v) is 6.74. The summed E-state index contributed by atoms with van der Waals surface area (Å²) in [6.07, 6.45) is 0. The number of nitrogens with zero attached hydrogens (tertiary/aromatic N) is 2. The zero-order valence-electron chi connectivity index (χ0n) is 16.3. The van der Waals surface area contributed by atoms with E-state index in [0.29, 0.717) is 24.2 Å². The first-order valence-corrected chi connectivity index (χ1v) is 9.15. The summed E-state index contributed by atoms with van der Waals surface area (Å²) in [6, 6.07) is 16.7. The van der Waals surface area contributed by atoms with Crippen molar-refractivity contribution in [2.24, 2.45) is 0 Å². The Labute approximate surface area is 164 Å². The molecule has 28 heavy (non-hydrogen) atoms. The molecular formula is C22H24N4O2. The summed E-state index contributed by atoms with van der Waals surface area (Å²) in [5, 5.41) is 9.95. The molecule has 0 spiro atoms. The van der Waals surface area contributed by atoms with E-state index in [9.17, 15) is 9.59 Å². The lowest BCUT2D eigenvalue weighted by atomic mass is 10.1. The fourth-order valence-corrected chi connectivity index (χ4v) is 2.97. The van der Waals surface area contributed by atoms with E-state index in [-0.39, 0.29) is 11.8 Å². The molecule has 144 valence electrons. The number of carbonyl (C=O) groups excluding carboxylic acids is 2. The van der Waals surface area contributed by atoms with E-state index < -0.39 is 0 Å². The Morgan fingerprint density at radius 1 is 0.893 bits per heavy atom. The van der Waals surface area contributed by atoms with Gasteiger partial charge in [0.05, 0.1) is 12.2 Å². The molecular weight excluding hydrogens is 352 g/mol. The number of carbonyl (C=O) groups is 2. The van der Waals surface area contributed by atoms with Gasteiger partial charge in [-0.3, -0.25) is 14.3 Å². The predicted octanol–water partition coefficient (Wildman–Crippen LogP) is 2.84. The van der Waals surface area contributed by atoms with Crippen LogP contribution in [0.15, 0.2) is 54.6 Å². The molecule has 1 aromatic heterocycles. The van der Waals surface area contributed by atoms with E-state index in [2.05, 4.69) is 15.7 Å². The van der Waals surface area contributed by atoms with E-state index in [0.717, 1.165) is 22.5 Å². The van der Waals surface area contributed by atoms with Crippen LogP contribution >= 0.6 is 0 Å². The third-order valence-electron chi connectivity index (χ3n) is 4.55. The number of aromatic nitrogens is 2. The summed E-state index contributed by atoms with van der Waals surface area (Å²) >= 11 is 0. The first-order chi connectivity index (χ1) is 13.5. The molecule has 0 unspecified atom stereocenters. The van der Waals surface area contributed by atoms with E-state index in [1.54, 1.807) is 19.2 Å². The quantitative estimate of drug-likeness (QED) is 0.695. The van der Waals surface area contributed by atoms with Crippen LogP contribution < -0.4 is 10.6 Å². The van der Waals surface area contributed by atoms with Gasteiger partial charge in [0.2, 0.25) is 0 Å². The van der Waals surface area contributed by atoms with E-state index in [4.69, 9.17) is 0 Å². The Morgan fingerprint density at radius 2 is 1.46 bits per heavy atom. The summed E-state index contributed by atoms with van der Waals surface area (Å²) in [6.45, 7) is 5.09.